The van der Waals surface area contributed by atoms with E-state index in [1.54, 1.807) is 21.1 Å². The molecular weight excluding hydrogens is 254 g/mol. The number of hydrogen-bond acceptors (Lipinski definition) is 3. The molecule has 0 saturated heterocycles. The molecule has 0 unspecified atom stereocenters. The van der Waals surface area contributed by atoms with Gasteiger partial charge in [-0.3, -0.25) is 4.79 Å². The van der Waals surface area contributed by atoms with E-state index in [9.17, 15) is 4.79 Å². The Kier molecular flexibility index (Phi) is 4.13. The Hall–Kier alpha value is -2.23. The fraction of sp³-hybridized carbons (Fsp3) is 0.312. The van der Waals surface area contributed by atoms with Crippen molar-refractivity contribution in [1.82, 2.24) is 0 Å². The van der Waals surface area contributed by atoms with Crippen LogP contribution in [0.1, 0.15) is 13.3 Å². The summed E-state index contributed by atoms with van der Waals surface area (Å²) in [7, 11) is 3.14. The number of benzene rings is 1. The fourth-order valence-electron chi connectivity index (χ4n) is 2.38. The smallest absolute Gasteiger partial charge is 0.245 e. The number of rotatable bonds is 4. The first-order valence-electron chi connectivity index (χ1n) is 6.48. The minimum absolute atomic E-state index is 0.176. The topological polar surface area (TPSA) is 47.6 Å². The number of allylic oxidation sites excluding steroid dienone is 2. The molecule has 2 rings (SSSR count). The van der Waals surface area contributed by atoms with E-state index in [-0.39, 0.29) is 5.91 Å². The van der Waals surface area contributed by atoms with Gasteiger partial charge in [0.15, 0.2) is 5.41 Å². The van der Waals surface area contributed by atoms with Gasteiger partial charge in [-0.1, -0.05) is 18.2 Å². The molecule has 0 aliphatic heterocycles. The Morgan fingerprint density at radius 2 is 1.65 bits per heavy atom. The number of carbonyl (C=O) groups is 1. The molecular formula is C16H19NO3. The maximum Gasteiger partial charge on any atom is 0.245 e. The lowest BCUT2D eigenvalue weighted by molar-refractivity contribution is -0.124. The van der Waals surface area contributed by atoms with E-state index in [4.69, 9.17) is 9.47 Å². The first-order chi connectivity index (χ1) is 9.62. The minimum Gasteiger partial charge on any atom is -0.500 e. The van der Waals surface area contributed by atoms with Gasteiger partial charge in [0.2, 0.25) is 5.91 Å². The van der Waals surface area contributed by atoms with Crippen LogP contribution in [-0.4, -0.2) is 20.1 Å². The molecule has 0 fully saturated rings. The number of carbonyl (C=O) groups excluding carboxylic acids is 1. The zero-order valence-electron chi connectivity index (χ0n) is 12.0. The van der Waals surface area contributed by atoms with E-state index in [2.05, 4.69) is 5.32 Å². The Labute approximate surface area is 119 Å². The lowest BCUT2D eigenvalue weighted by atomic mass is 9.80. The molecule has 4 nitrogen and oxygen atoms in total. The second kappa shape index (κ2) is 5.82. The maximum absolute atomic E-state index is 12.7. The highest BCUT2D eigenvalue weighted by molar-refractivity contribution is 5.99. The Balaban J connectivity index is 2.30. The fourth-order valence-corrected chi connectivity index (χ4v) is 2.38. The van der Waals surface area contributed by atoms with Crippen molar-refractivity contribution in [2.24, 2.45) is 5.41 Å². The van der Waals surface area contributed by atoms with Crippen LogP contribution in [0.3, 0.4) is 0 Å². The largest absolute Gasteiger partial charge is 0.500 e. The Morgan fingerprint density at radius 3 is 2.15 bits per heavy atom. The summed E-state index contributed by atoms with van der Waals surface area (Å²) < 4.78 is 10.8. The molecule has 1 aromatic rings. The van der Waals surface area contributed by atoms with Gasteiger partial charge in [-0.05, 0) is 37.6 Å². The van der Waals surface area contributed by atoms with Crippen molar-refractivity contribution in [2.45, 2.75) is 13.3 Å². The summed E-state index contributed by atoms with van der Waals surface area (Å²) in [4.78, 5) is 12.7. The van der Waals surface area contributed by atoms with E-state index < -0.39 is 5.41 Å². The molecule has 20 heavy (non-hydrogen) atoms. The quantitative estimate of drug-likeness (QED) is 0.917. The summed E-state index contributed by atoms with van der Waals surface area (Å²) in [5, 5.41) is 2.90. The summed E-state index contributed by atoms with van der Waals surface area (Å²) in [5.41, 5.74) is -0.201. The highest BCUT2D eigenvalue weighted by Crippen LogP contribution is 2.40. The summed E-state index contributed by atoms with van der Waals surface area (Å²) in [6.07, 6.45) is 4.49. The molecule has 0 aromatic heterocycles. The zero-order chi connectivity index (χ0) is 14.6. The van der Waals surface area contributed by atoms with E-state index >= 15 is 0 Å². The van der Waals surface area contributed by atoms with Crippen molar-refractivity contribution in [3.05, 3.63) is 54.0 Å². The van der Waals surface area contributed by atoms with Crippen LogP contribution in [0.5, 0.6) is 0 Å². The van der Waals surface area contributed by atoms with E-state index in [0.29, 0.717) is 17.9 Å². The average molecular weight is 273 g/mol. The first kappa shape index (κ1) is 14.2. The first-order valence-corrected chi connectivity index (χ1v) is 6.48. The summed E-state index contributed by atoms with van der Waals surface area (Å²) in [5.74, 6) is 1.03. The van der Waals surface area contributed by atoms with Crippen LogP contribution in [-0.2, 0) is 14.3 Å². The summed E-state index contributed by atoms with van der Waals surface area (Å²) in [6, 6.07) is 9.34. The molecule has 106 valence electrons. The minimum atomic E-state index is -0.947. The van der Waals surface area contributed by atoms with Crippen molar-refractivity contribution < 1.29 is 14.3 Å². The van der Waals surface area contributed by atoms with Gasteiger partial charge in [-0.15, -0.1) is 0 Å². The Morgan fingerprint density at radius 1 is 1.10 bits per heavy atom. The highest BCUT2D eigenvalue weighted by Gasteiger charge is 2.45. The molecule has 1 N–H and O–H groups in total. The van der Waals surface area contributed by atoms with E-state index in [0.717, 1.165) is 5.69 Å². The average Bonchev–Trinajstić information content (AvgIpc) is 2.48. The van der Waals surface area contributed by atoms with E-state index in [1.165, 1.54) is 0 Å². The van der Waals surface area contributed by atoms with Gasteiger partial charge in [0, 0.05) is 5.69 Å². The monoisotopic (exact) mass is 273 g/mol. The van der Waals surface area contributed by atoms with Gasteiger partial charge < -0.3 is 14.8 Å². The molecule has 1 aromatic carbocycles. The molecule has 1 aliphatic carbocycles. The number of anilines is 1. The second-order valence-electron chi connectivity index (χ2n) is 4.73. The molecule has 1 aliphatic rings. The van der Waals surface area contributed by atoms with Gasteiger partial charge in [0.05, 0.1) is 14.2 Å². The number of para-hydroxylation sites is 1. The van der Waals surface area contributed by atoms with Gasteiger partial charge in [-0.2, -0.15) is 0 Å². The van der Waals surface area contributed by atoms with Crippen LogP contribution in [0, 0.1) is 5.41 Å². The highest BCUT2D eigenvalue weighted by atomic mass is 16.5. The third-order valence-corrected chi connectivity index (χ3v) is 3.52. The second-order valence-corrected chi connectivity index (χ2v) is 4.73. The van der Waals surface area contributed by atoms with Crippen LogP contribution in [0.4, 0.5) is 5.69 Å². The summed E-state index contributed by atoms with van der Waals surface area (Å²) >= 11 is 0. The van der Waals surface area contributed by atoms with Gasteiger partial charge in [0.25, 0.3) is 0 Å². The van der Waals surface area contributed by atoms with Crippen LogP contribution in [0.15, 0.2) is 54.0 Å². The van der Waals surface area contributed by atoms with Crippen molar-refractivity contribution in [2.75, 3.05) is 19.5 Å². The number of ether oxygens (including phenoxy) is 2. The molecule has 4 heteroatoms. The predicted molar refractivity (Wildman–Crippen MR) is 78.0 cm³/mol. The number of nitrogens with one attached hydrogen (secondary N) is 1. The predicted octanol–water partition coefficient (Wildman–Crippen LogP) is 3.10. The van der Waals surface area contributed by atoms with Gasteiger partial charge in [-0.25, -0.2) is 0 Å². The molecule has 0 atom stereocenters. The van der Waals surface area contributed by atoms with Crippen LogP contribution in [0.2, 0.25) is 0 Å². The zero-order valence-corrected chi connectivity index (χ0v) is 12.0. The number of amides is 1. The third-order valence-electron chi connectivity index (χ3n) is 3.52. The van der Waals surface area contributed by atoms with Gasteiger partial charge >= 0.3 is 0 Å². The molecule has 0 spiro atoms. The molecule has 0 bridgehead atoms. The van der Waals surface area contributed by atoms with Crippen molar-refractivity contribution in [3.63, 3.8) is 0 Å². The normalized spacial score (nSPS) is 16.8. The SMILES string of the molecule is COC1=CCC=C(OC)C1(C)C(=O)Nc1ccccc1. The van der Waals surface area contributed by atoms with Gasteiger partial charge in [0.1, 0.15) is 11.5 Å². The lowest BCUT2D eigenvalue weighted by Crippen LogP contribution is -2.39. The standard InChI is InChI=1S/C16H19NO3/c1-16(13(19-2)10-7-11-14(16)20-3)15(18)17-12-8-5-4-6-9-12/h4-6,8-11H,7H2,1-3H3,(H,17,18). The summed E-state index contributed by atoms with van der Waals surface area (Å²) in [6.45, 7) is 1.80. The van der Waals surface area contributed by atoms with Crippen LogP contribution < -0.4 is 5.32 Å². The van der Waals surface area contributed by atoms with Crippen LogP contribution >= 0.6 is 0 Å². The molecule has 1 amide bonds. The lowest BCUT2D eigenvalue weighted by Gasteiger charge is -2.33. The number of hydrogen-bond donors (Lipinski definition) is 1. The van der Waals surface area contributed by atoms with Crippen molar-refractivity contribution in [3.8, 4) is 0 Å². The van der Waals surface area contributed by atoms with Crippen LogP contribution in [0.25, 0.3) is 0 Å². The van der Waals surface area contributed by atoms with Crippen molar-refractivity contribution in [1.29, 1.82) is 0 Å². The Bertz CT molecular complexity index is 526. The third kappa shape index (κ3) is 2.41. The van der Waals surface area contributed by atoms with Crippen molar-refractivity contribution >= 4 is 11.6 Å². The molecule has 0 saturated carbocycles. The molecule has 0 radical (unpaired) electrons. The number of methoxy groups -OCH3 is 2. The maximum atomic E-state index is 12.7. The molecule has 0 heterocycles. The van der Waals surface area contributed by atoms with E-state index in [1.807, 2.05) is 42.5 Å².